The molecule has 2 N–H and O–H groups in total. The third-order valence-corrected chi connectivity index (χ3v) is 6.33. The van der Waals surface area contributed by atoms with E-state index in [1.54, 1.807) is 10.7 Å². The van der Waals surface area contributed by atoms with Crippen molar-refractivity contribution < 1.29 is 9.53 Å². The van der Waals surface area contributed by atoms with Crippen LogP contribution in [0.5, 0.6) is 0 Å². The Labute approximate surface area is 206 Å². The fourth-order valence-electron chi connectivity index (χ4n) is 4.07. The van der Waals surface area contributed by atoms with E-state index in [2.05, 4.69) is 32.4 Å². The Morgan fingerprint density at radius 1 is 1.00 bits per heavy atom. The monoisotopic (exact) mass is 517 g/mol. The highest BCUT2D eigenvalue weighted by atomic mass is 79.9. The van der Waals surface area contributed by atoms with E-state index in [4.69, 9.17) is 10.1 Å². The standard InChI is InChI=1S/C26H24BrN5O2/c1-17-14-24(32(30-17)23-9-5-19-15-21(27)6-2-20(19)16-23)26(33)29-22-7-3-18(4-8-22)25(28)31-10-12-34-13-11-31/h2-9,14-16,28H,10-13H2,1H3,(H,29,33). The molecule has 1 aliphatic heterocycles. The molecule has 172 valence electrons. The topological polar surface area (TPSA) is 83.2 Å². The molecule has 0 aliphatic carbocycles. The van der Waals surface area contributed by atoms with Gasteiger partial charge in [-0.15, -0.1) is 0 Å². The lowest BCUT2D eigenvalue weighted by molar-refractivity contribution is 0.0680. The number of hydrogen-bond acceptors (Lipinski definition) is 4. The summed E-state index contributed by atoms with van der Waals surface area (Å²) in [4.78, 5) is 15.2. The van der Waals surface area contributed by atoms with Crippen LogP contribution in [0.3, 0.4) is 0 Å². The van der Waals surface area contributed by atoms with Crippen molar-refractivity contribution >= 4 is 44.1 Å². The number of ether oxygens (including phenoxy) is 1. The molecule has 1 saturated heterocycles. The number of aromatic nitrogens is 2. The first-order valence-electron chi connectivity index (χ1n) is 11.1. The first kappa shape index (κ1) is 22.3. The predicted molar refractivity (Wildman–Crippen MR) is 137 cm³/mol. The van der Waals surface area contributed by atoms with Gasteiger partial charge in [0, 0.05) is 28.8 Å². The normalized spacial score (nSPS) is 13.8. The molecule has 1 fully saturated rings. The number of rotatable bonds is 4. The first-order chi connectivity index (χ1) is 16.5. The maximum atomic E-state index is 13.2. The van der Waals surface area contributed by atoms with Crippen LogP contribution in [0.4, 0.5) is 5.69 Å². The highest BCUT2D eigenvalue weighted by Crippen LogP contribution is 2.24. The minimum Gasteiger partial charge on any atom is -0.378 e. The zero-order chi connectivity index (χ0) is 23.7. The lowest BCUT2D eigenvalue weighted by Crippen LogP contribution is -2.40. The fourth-order valence-corrected chi connectivity index (χ4v) is 4.45. The largest absolute Gasteiger partial charge is 0.378 e. The summed E-state index contributed by atoms with van der Waals surface area (Å²) in [6, 6.07) is 21.2. The Bertz CT molecular complexity index is 1370. The number of nitrogens with one attached hydrogen (secondary N) is 2. The molecule has 34 heavy (non-hydrogen) atoms. The number of aryl methyl sites for hydroxylation is 1. The van der Waals surface area contributed by atoms with E-state index in [0.717, 1.165) is 32.2 Å². The zero-order valence-electron chi connectivity index (χ0n) is 18.7. The molecule has 0 radical (unpaired) electrons. The van der Waals surface area contributed by atoms with Crippen LogP contribution in [-0.2, 0) is 4.74 Å². The molecule has 0 saturated carbocycles. The van der Waals surface area contributed by atoms with Crippen LogP contribution in [0, 0.1) is 12.3 Å². The summed E-state index contributed by atoms with van der Waals surface area (Å²) in [6.45, 7) is 4.58. The second kappa shape index (κ2) is 9.40. The predicted octanol–water partition coefficient (Wildman–Crippen LogP) is 5.01. The number of amidine groups is 1. The van der Waals surface area contributed by atoms with Crippen molar-refractivity contribution in [3.63, 3.8) is 0 Å². The molecular weight excluding hydrogens is 494 g/mol. The van der Waals surface area contributed by atoms with Crippen molar-refractivity contribution in [1.82, 2.24) is 14.7 Å². The number of carbonyl (C=O) groups is 1. The average Bonchev–Trinajstić information content (AvgIpc) is 3.26. The Balaban J connectivity index is 1.36. The SMILES string of the molecule is Cc1cc(C(=O)Nc2ccc(C(=N)N3CCOCC3)cc2)n(-c2ccc3cc(Br)ccc3c2)n1. The molecule has 8 heteroatoms. The van der Waals surface area contributed by atoms with Gasteiger partial charge in [-0.3, -0.25) is 10.2 Å². The summed E-state index contributed by atoms with van der Waals surface area (Å²) in [5.74, 6) is 0.228. The van der Waals surface area contributed by atoms with Gasteiger partial charge in [-0.25, -0.2) is 4.68 Å². The van der Waals surface area contributed by atoms with Crippen LogP contribution in [-0.4, -0.2) is 52.7 Å². The zero-order valence-corrected chi connectivity index (χ0v) is 20.3. The summed E-state index contributed by atoms with van der Waals surface area (Å²) < 4.78 is 8.06. The van der Waals surface area contributed by atoms with Crippen molar-refractivity contribution in [1.29, 1.82) is 5.41 Å². The van der Waals surface area contributed by atoms with Gasteiger partial charge in [-0.05, 0) is 72.3 Å². The minimum atomic E-state index is -0.243. The van der Waals surface area contributed by atoms with Gasteiger partial charge >= 0.3 is 0 Å². The van der Waals surface area contributed by atoms with Gasteiger partial charge in [0.05, 0.1) is 24.6 Å². The van der Waals surface area contributed by atoms with E-state index in [1.165, 1.54) is 0 Å². The molecule has 7 nitrogen and oxygen atoms in total. The molecule has 5 rings (SSSR count). The Hall–Kier alpha value is -3.49. The highest BCUT2D eigenvalue weighted by molar-refractivity contribution is 9.10. The molecule has 0 atom stereocenters. The molecule has 1 amide bonds. The van der Waals surface area contributed by atoms with Crippen molar-refractivity contribution in [3.8, 4) is 5.69 Å². The number of nitrogens with zero attached hydrogens (tertiary/aromatic N) is 3. The van der Waals surface area contributed by atoms with Crippen LogP contribution in [0.1, 0.15) is 21.7 Å². The van der Waals surface area contributed by atoms with Crippen LogP contribution >= 0.6 is 15.9 Å². The highest BCUT2D eigenvalue weighted by Gasteiger charge is 2.18. The van der Waals surface area contributed by atoms with Crippen LogP contribution < -0.4 is 5.32 Å². The molecule has 2 heterocycles. The van der Waals surface area contributed by atoms with Gasteiger partial charge in [-0.1, -0.05) is 28.1 Å². The van der Waals surface area contributed by atoms with Gasteiger partial charge in [0.2, 0.25) is 0 Å². The third-order valence-electron chi connectivity index (χ3n) is 5.84. The minimum absolute atomic E-state index is 0.243. The molecule has 4 aromatic rings. The van der Waals surface area contributed by atoms with Crippen LogP contribution in [0.15, 0.2) is 71.2 Å². The van der Waals surface area contributed by atoms with Crippen LogP contribution in [0.2, 0.25) is 0 Å². The van der Waals surface area contributed by atoms with Gasteiger partial charge in [-0.2, -0.15) is 5.10 Å². The number of hydrogen-bond donors (Lipinski definition) is 2. The van der Waals surface area contributed by atoms with E-state index in [0.29, 0.717) is 43.5 Å². The molecule has 3 aromatic carbocycles. The first-order valence-corrected chi connectivity index (χ1v) is 11.9. The molecule has 0 spiro atoms. The number of halogens is 1. The molecule has 0 bridgehead atoms. The molecular formula is C26H24BrN5O2. The number of benzene rings is 3. The number of anilines is 1. The maximum absolute atomic E-state index is 13.2. The number of fused-ring (bicyclic) bond motifs is 1. The summed E-state index contributed by atoms with van der Waals surface area (Å²) in [7, 11) is 0. The van der Waals surface area contributed by atoms with Gasteiger partial charge < -0.3 is 15.0 Å². The third kappa shape index (κ3) is 4.60. The summed E-state index contributed by atoms with van der Waals surface area (Å²) in [5.41, 5.74) is 3.51. The summed E-state index contributed by atoms with van der Waals surface area (Å²) in [5, 5.41) is 18.1. The van der Waals surface area contributed by atoms with E-state index in [-0.39, 0.29) is 5.91 Å². The van der Waals surface area contributed by atoms with Gasteiger partial charge in [0.1, 0.15) is 11.5 Å². The molecule has 1 aromatic heterocycles. The van der Waals surface area contributed by atoms with E-state index < -0.39 is 0 Å². The lowest BCUT2D eigenvalue weighted by Gasteiger charge is -2.29. The van der Waals surface area contributed by atoms with Crippen LogP contribution in [0.25, 0.3) is 16.5 Å². The molecule has 0 unspecified atom stereocenters. The van der Waals surface area contributed by atoms with Gasteiger partial charge in [0.15, 0.2) is 0 Å². The van der Waals surface area contributed by atoms with Crippen molar-refractivity contribution in [2.24, 2.45) is 0 Å². The average molecular weight is 518 g/mol. The van der Waals surface area contributed by atoms with Crippen molar-refractivity contribution in [3.05, 3.63) is 88.2 Å². The van der Waals surface area contributed by atoms with Crippen molar-refractivity contribution in [2.75, 3.05) is 31.6 Å². The Morgan fingerprint density at radius 3 is 2.47 bits per heavy atom. The van der Waals surface area contributed by atoms with Gasteiger partial charge in [0.25, 0.3) is 5.91 Å². The second-order valence-corrected chi connectivity index (χ2v) is 9.15. The lowest BCUT2D eigenvalue weighted by atomic mass is 10.1. The molecule has 1 aliphatic rings. The Kier molecular flexibility index (Phi) is 6.17. The number of carbonyl (C=O) groups excluding carboxylic acids is 1. The van der Waals surface area contributed by atoms with E-state index in [9.17, 15) is 4.79 Å². The number of amides is 1. The Morgan fingerprint density at radius 2 is 1.71 bits per heavy atom. The smallest absolute Gasteiger partial charge is 0.274 e. The van der Waals surface area contributed by atoms with E-state index >= 15 is 0 Å². The summed E-state index contributed by atoms with van der Waals surface area (Å²) >= 11 is 3.50. The van der Waals surface area contributed by atoms with E-state index in [1.807, 2.05) is 66.4 Å². The van der Waals surface area contributed by atoms with Crippen molar-refractivity contribution in [2.45, 2.75) is 6.92 Å². The number of morpholine rings is 1. The summed E-state index contributed by atoms with van der Waals surface area (Å²) in [6.07, 6.45) is 0. The fraction of sp³-hybridized carbons (Fsp3) is 0.192. The second-order valence-electron chi connectivity index (χ2n) is 8.24. The maximum Gasteiger partial charge on any atom is 0.274 e. The quantitative estimate of drug-likeness (QED) is 0.294.